The second kappa shape index (κ2) is 9.42. The third-order valence-corrected chi connectivity index (χ3v) is 4.15. The molecule has 138 valence electrons. The highest BCUT2D eigenvalue weighted by Gasteiger charge is 2.09. The van der Waals surface area contributed by atoms with E-state index < -0.39 is 0 Å². The molecule has 6 nitrogen and oxygen atoms in total. The number of aromatic amines is 1. The summed E-state index contributed by atoms with van der Waals surface area (Å²) in [6.45, 7) is 1.38. The van der Waals surface area contributed by atoms with Crippen molar-refractivity contribution in [2.24, 2.45) is 12.0 Å². The summed E-state index contributed by atoms with van der Waals surface area (Å²) in [5.41, 5.74) is 3.38. The standard InChI is InChI=1S/C19H24N6.HI/c1-20-19(25(3)14-16-10-7-11-24(16)2)22-13-18-21-12-17(23-18)15-8-5-4-6-9-15;/h4-12H,13-14H2,1-3H3,(H,20,22)(H,21,23);1H. The topological polar surface area (TPSA) is 61.2 Å². The summed E-state index contributed by atoms with van der Waals surface area (Å²) in [6.07, 6.45) is 3.91. The number of halogens is 1. The minimum absolute atomic E-state index is 0. The fourth-order valence-electron chi connectivity index (χ4n) is 2.74. The van der Waals surface area contributed by atoms with E-state index in [4.69, 9.17) is 0 Å². The van der Waals surface area contributed by atoms with Crippen LogP contribution in [0.15, 0.2) is 59.9 Å². The number of aromatic nitrogens is 3. The van der Waals surface area contributed by atoms with Crippen LogP contribution in [0.3, 0.4) is 0 Å². The number of rotatable bonds is 5. The second-order valence-corrected chi connectivity index (χ2v) is 5.98. The fourth-order valence-corrected chi connectivity index (χ4v) is 2.74. The molecule has 0 saturated heterocycles. The van der Waals surface area contributed by atoms with Gasteiger partial charge in [-0.25, -0.2) is 4.98 Å². The zero-order chi connectivity index (χ0) is 17.6. The van der Waals surface area contributed by atoms with Crippen LogP contribution >= 0.6 is 24.0 Å². The normalized spacial score (nSPS) is 11.1. The molecule has 0 aliphatic heterocycles. The van der Waals surface area contributed by atoms with Crippen LogP contribution in [0.5, 0.6) is 0 Å². The molecule has 0 bridgehead atoms. The van der Waals surface area contributed by atoms with Gasteiger partial charge < -0.3 is 19.8 Å². The average Bonchev–Trinajstić information content (AvgIpc) is 3.26. The van der Waals surface area contributed by atoms with Gasteiger partial charge in [0.1, 0.15) is 5.82 Å². The van der Waals surface area contributed by atoms with Gasteiger partial charge in [-0.1, -0.05) is 30.3 Å². The Balaban J connectivity index is 0.00000243. The Morgan fingerprint density at radius 1 is 1.23 bits per heavy atom. The Morgan fingerprint density at radius 3 is 2.65 bits per heavy atom. The first-order valence-electron chi connectivity index (χ1n) is 8.28. The van der Waals surface area contributed by atoms with Gasteiger partial charge in [0.05, 0.1) is 25.0 Å². The number of imidazole rings is 1. The van der Waals surface area contributed by atoms with Gasteiger partial charge in [0.25, 0.3) is 0 Å². The van der Waals surface area contributed by atoms with Crippen molar-refractivity contribution >= 4 is 29.9 Å². The Hall–Kier alpha value is -2.29. The van der Waals surface area contributed by atoms with Crippen molar-refractivity contribution in [2.45, 2.75) is 13.1 Å². The lowest BCUT2D eigenvalue weighted by atomic mass is 10.2. The van der Waals surface area contributed by atoms with E-state index in [1.165, 1.54) is 5.69 Å². The van der Waals surface area contributed by atoms with Gasteiger partial charge in [-0.3, -0.25) is 4.99 Å². The van der Waals surface area contributed by atoms with Gasteiger partial charge >= 0.3 is 0 Å². The monoisotopic (exact) mass is 464 g/mol. The van der Waals surface area contributed by atoms with Crippen molar-refractivity contribution in [3.8, 4) is 11.3 Å². The number of guanidine groups is 1. The van der Waals surface area contributed by atoms with Gasteiger partial charge in [-0.05, 0) is 17.7 Å². The molecule has 3 aromatic rings. The lowest BCUT2D eigenvalue weighted by Gasteiger charge is -2.22. The first-order chi connectivity index (χ1) is 12.2. The SMILES string of the molecule is CN=C(NCc1ncc(-c2ccccc2)[nH]1)N(C)Cc1cccn1C.I. The maximum Gasteiger partial charge on any atom is 0.194 e. The molecule has 2 N–H and O–H groups in total. The Kier molecular flexibility index (Phi) is 7.26. The molecule has 0 saturated carbocycles. The molecule has 0 radical (unpaired) electrons. The van der Waals surface area contributed by atoms with Crippen LogP contribution in [0.1, 0.15) is 11.5 Å². The highest BCUT2D eigenvalue weighted by atomic mass is 127. The Bertz CT molecular complexity index is 837. The fraction of sp³-hybridized carbons (Fsp3) is 0.263. The molecule has 0 atom stereocenters. The molecule has 7 heteroatoms. The molecule has 0 amide bonds. The molecule has 0 aliphatic carbocycles. The van der Waals surface area contributed by atoms with Crippen LogP contribution in [0.4, 0.5) is 0 Å². The summed E-state index contributed by atoms with van der Waals surface area (Å²) in [5, 5.41) is 3.36. The van der Waals surface area contributed by atoms with Crippen molar-refractivity contribution in [1.82, 2.24) is 24.8 Å². The molecule has 0 fully saturated rings. The van der Waals surface area contributed by atoms with Crippen LogP contribution in [0, 0.1) is 0 Å². The number of nitrogens with one attached hydrogen (secondary N) is 2. The van der Waals surface area contributed by atoms with Crippen molar-refractivity contribution in [1.29, 1.82) is 0 Å². The first kappa shape index (κ1) is 20.0. The highest BCUT2D eigenvalue weighted by Crippen LogP contribution is 2.15. The quantitative estimate of drug-likeness (QED) is 0.346. The zero-order valence-electron chi connectivity index (χ0n) is 15.3. The van der Waals surface area contributed by atoms with E-state index >= 15 is 0 Å². The summed E-state index contributed by atoms with van der Waals surface area (Å²) < 4.78 is 2.11. The van der Waals surface area contributed by atoms with Crippen LogP contribution in [-0.2, 0) is 20.1 Å². The summed E-state index contributed by atoms with van der Waals surface area (Å²) in [7, 11) is 5.87. The molecule has 1 aromatic carbocycles. The van der Waals surface area contributed by atoms with Crippen molar-refractivity contribution < 1.29 is 0 Å². The van der Waals surface area contributed by atoms with Gasteiger partial charge in [-0.15, -0.1) is 24.0 Å². The number of benzene rings is 1. The third-order valence-electron chi connectivity index (χ3n) is 4.15. The minimum atomic E-state index is 0. The zero-order valence-corrected chi connectivity index (χ0v) is 17.6. The van der Waals surface area contributed by atoms with Crippen molar-refractivity contribution in [3.05, 3.63) is 66.4 Å². The number of nitrogens with zero attached hydrogens (tertiary/aromatic N) is 4. The van der Waals surface area contributed by atoms with E-state index in [1.807, 2.05) is 50.8 Å². The summed E-state index contributed by atoms with van der Waals surface area (Å²) in [6, 6.07) is 14.3. The van der Waals surface area contributed by atoms with E-state index in [-0.39, 0.29) is 24.0 Å². The van der Waals surface area contributed by atoms with Crippen LogP contribution in [0.25, 0.3) is 11.3 Å². The molecule has 26 heavy (non-hydrogen) atoms. The molecular weight excluding hydrogens is 439 g/mol. The molecule has 0 spiro atoms. The summed E-state index contributed by atoms with van der Waals surface area (Å²) >= 11 is 0. The van der Waals surface area contributed by atoms with Crippen LogP contribution in [0.2, 0.25) is 0 Å². The Labute approximate surface area is 171 Å². The van der Waals surface area contributed by atoms with Crippen molar-refractivity contribution in [3.63, 3.8) is 0 Å². The van der Waals surface area contributed by atoms with Gasteiger partial charge in [0, 0.05) is 33.0 Å². The van der Waals surface area contributed by atoms with Gasteiger partial charge in [-0.2, -0.15) is 0 Å². The van der Waals surface area contributed by atoms with E-state index in [0.29, 0.717) is 6.54 Å². The lowest BCUT2D eigenvalue weighted by molar-refractivity contribution is 0.461. The number of aliphatic imine (C=N–C) groups is 1. The van der Waals surface area contributed by atoms with Gasteiger partial charge in [0.2, 0.25) is 0 Å². The maximum atomic E-state index is 4.45. The average molecular weight is 464 g/mol. The van der Waals surface area contributed by atoms with Crippen molar-refractivity contribution in [2.75, 3.05) is 14.1 Å². The minimum Gasteiger partial charge on any atom is -0.353 e. The largest absolute Gasteiger partial charge is 0.353 e. The summed E-state index contributed by atoms with van der Waals surface area (Å²) in [5.74, 6) is 1.71. The molecule has 0 aliphatic rings. The summed E-state index contributed by atoms with van der Waals surface area (Å²) in [4.78, 5) is 14.3. The number of H-pyrrole nitrogens is 1. The molecule has 2 heterocycles. The van der Waals surface area contributed by atoms with Gasteiger partial charge in [0.15, 0.2) is 5.96 Å². The Morgan fingerprint density at radius 2 is 2.00 bits per heavy atom. The first-order valence-corrected chi connectivity index (χ1v) is 8.28. The molecular formula is C19H25IN6. The third kappa shape index (κ3) is 4.87. The maximum absolute atomic E-state index is 4.45. The molecule has 0 unspecified atom stereocenters. The lowest BCUT2D eigenvalue weighted by Crippen LogP contribution is -2.38. The van der Waals surface area contributed by atoms with E-state index in [9.17, 15) is 0 Å². The van der Waals surface area contributed by atoms with Crippen LogP contribution in [-0.4, -0.2) is 39.5 Å². The number of hydrogen-bond acceptors (Lipinski definition) is 2. The highest BCUT2D eigenvalue weighted by molar-refractivity contribution is 14.0. The van der Waals surface area contributed by atoms with E-state index in [0.717, 1.165) is 29.6 Å². The predicted molar refractivity (Wildman–Crippen MR) is 117 cm³/mol. The number of aryl methyl sites for hydroxylation is 1. The smallest absolute Gasteiger partial charge is 0.194 e. The van der Waals surface area contributed by atoms with E-state index in [2.05, 4.69) is 47.9 Å². The molecule has 3 rings (SSSR count). The number of hydrogen-bond donors (Lipinski definition) is 2. The second-order valence-electron chi connectivity index (χ2n) is 5.98. The molecule has 2 aromatic heterocycles. The predicted octanol–water partition coefficient (Wildman–Crippen LogP) is 3.24. The van der Waals surface area contributed by atoms with Crippen LogP contribution < -0.4 is 5.32 Å². The van der Waals surface area contributed by atoms with E-state index in [1.54, 1.807) is 7.05 Å².